The number of nitrogens with zero attached hydrogens (tertiary/aromatic N) is 2. The van der Waals surface area contributed by atoms with E-state index in [-0.39, 0.29) is 24.6 Å². The van der Waals surface area contributed by atoms with Gasteiger partial charge in [-0.3, -0.25) is 14.6 Å². The number of rotatable bonds is 5. The molecule has 0 aliphatic rings. The lowest BCUT2D eigenvalue weighted by atomic mass is 10.2. The van der Waals surface area contributed by atoms with Crippen LogP contribution in [-0.4, -0.2) is 39.5 Å². The minimum Gasteiger partial charge on any atom is -0.481 e. The molecular weight excluding hydrogens is 239 g/mol. The lowest BCUT2D eigenvalue weighted by Gasteiger charge is -2.26. The minimum atomic E-state index is -0.981. The number of carboxylic acids is 1. The Morgan fingerprint density at radius 1 is 1.44 bits per heavy atom. The summed E-state index contributed by atoms with van der Waals surface area (Å²) >= 11 is 0. The highest BCUT2D eigenvalue weighted by Gasteiger charge is 2.20. The van der Waals surface area contributed by atoms with Gasteiger partial charge in [0.15, 0.2) is 0 Å². The summed E-state index contributed by atoms with van der Waals surface area (Å²) in [5.74, 6) is -1.99. The van der Waals surface area contributed by atoms with Gasteiger partial charge in [0.25, 0.3) is 5.91 Å². The molecule has 5 nitrogen and oxygen atoms in total. The fourth-order valence-electron chi connectivity index (χ4n) is 1.50. The van der Waals surface area contributed by atoms with Crippen LogP contribution in [0, 0.1) is 5.82 Å². The Bertz CT molecular complexity index is 449. The monoisotopic (exact) mass is 254 g/mol. The van der Waals surface area contributed by atoms with Gasteiger partial charge in [-0.15, -0.1) is 0 Å². The highest BCUT2D eigenvalue weighted by atomic mass is 19.1. The molecule has 0 aliphatic heterocycles. The lowest BCUT2D eigenvalue weighted by Crippen LogP contribution is -2.38. The molecule has 0 spiro atoms. The number of carbonyl (C=O) groups is 2. The highest BCUT2D eigenvalue weighted by molar-refractivity contribution is 5.94. The van der Waals surface area contributed by atoms with Gasteiger partial charge in [0.05, 0.1) is 18.2 Å². The van der Waals surface area contributed by atoms with Gasteiger partial charge in [-0.05, 0) is 19.9 Å². The Labute approximate surface area is 104 Å². The van der Waals surface area contributed by atoms with Gasteiger partial charge in [0.1, 0.15) is 5.82 Å². The van der Waals surface area contributed by atoms with E-state index in [4.69, 9.17) is 5.11 Å². The molecule has 1 heterocycles. The van der Waals surface area contributed by atoms with Crippen molar-refractivity contribution in [2.24, 2.45) is 0 Å². The first kappa shape index (κ1) is 14.1. The second-order valence-corrected chi connectivity index (χ2v) is 4.13. The van der Waals surface area contributed by atoms with Gasteiger partial charge >= 0.3 is 5.97 Å². The molecule has 1 rings (SSSR count). The van der Waals surface area contributed by atoms with Crippen molar-refractivity contribution in [2.75, 3.05) is 6.54 Å². The van der Waals surface area contributed by atoms with Crippen LogP contribution >= 0.6 is 0 Å². The maximum absolute atomic E-state index is 13.0. The molecule has 0 fully saturated rings. The SMILES string of the molecule is CC(C)N(CCC(=O)O)C(=O)c1cncc(F)c1. The van der Waals surface area contributed by atoms with E-state index in [9.17, 15) is 14.0 Å². The Balaban J connectivity index is 2.85. The first-order valence-corrected chi connectivity index (χ1v) is 5.55. The average Bonchev–Trinajstić information content (AvgIpc) is 2.28. The number of carbonyl (C=O) groups excluding carboxylic acids is 1. The number of halogens is 1. The number of carboxylic acid groups (broad SMARTS) is 1. The van der Waals surface area contributed by atoms with Gasteiger partial charge in [-0.1, -0.05) is 0 Å². The molecule has 1 aromatic heterocycles. The van der Waals surface area contributed by atoms with Gasteiger partial charge in [-0.2, -0.15) is 0 Å². The van der Waals surface area contributed by atoms with E-state index in [2.05, 4.69) is 4.98 Å². The summed E-state index contributed by atoms with van der Waals surface area (Å²) < 4.78 is 13.0. The van der Waals surface area contributed by atoms with Crippen LogP contribution in [0.2, 0.25) is 0 Å². The Morgan fingerprint density at radius 2 is 2.11 bits per heavy atom. The lowest BCUT2D eigenvalue weighted by molar-refractivity contribution is -0.137. The molecule has 1 amide bonds. The highest BCUT2D eigenvalue weighted by Crippen LogP contribution is 2.09. The molecule has 1 aromatic rings. The van der Waals surface area contributed by atoms with E-state index in [0.717, 1.165) is 12.3 Å². The van der Waals surface area contributed by atoms with Gasteiger partial charge < -0.3 is 10.0 Å². The summed E-state index contributed by atoms with van der Waals surface area (Å²) in [6.07, 6.45) is 2.13. The van der Waals surface area contributed by atoms with Crippen LogP contribution in [0.4, 0.5) is 4.39 Å². The van der Waals surface area contributed by atoms with E-state index in [0.29, 0.717) is 0 Å². The van der Waals surface area contributed by atoms with Crippen molar-refractivity contribution in [3.63, 3.8) is 0 Å². The smallest absolute Gasteiger partial charge is 0.305 e. The normalized spacial score (nSPS) is 10.4. The third-order valence-corrected chi connectivity index (χ3v) is 2.40. The molecule has 18 heavy (non-hydrogen) atoms. The van der Waals surface area contributed by atoms with Crippen molar-refractivity contribution >= 4 is 11.9 Å². The predicted octanol–water partition coefficient (Wildman–Crippen LogP) is 1.55. The molecule has 6 heteroatoms. The predicted molar refractivity (Wildman–Crippen MR) is 62.6 cm³/mol. The molecule has 0 atom stereocenters. The number of hydrogen-bond donors (Lipinski definition) is 1. The van der Waals surface area contributed by atoms with Gasteiger partial charge in [0.2, 0.25) is 0 Å². The van der Waals surface area contributed by atoms with Crippen LogP contribution in [0.15, 0.2) is 18.5 Å². The molecule has 1 N–H and O–H groups in total. The summed E-state index contributed by atoms with van der Waals surface area (Å²) in [6, 6.07) is 0.922. The number of hydrogen-bond acceptors (Lipinski definition) is 3. The van der Waals surface area contributed by atoms with Crippen molar-refractivity contribution in [3.8, 4) is 0 Å². The minimum absolute atomic E-state index is 0.0857. The first-order valence-electron chi connectivity index (χ1n) is 5.55. The number of pyridine rings is 1. The molecule has 0 aromatic carbocycles. The topological polar surface area (TPSA) is 70.5 Å². The quantitative estimate of drug-likeness (QED) is 0.865. The van der Waals surface area contributed by atoms with Crippen LogP contribution in [0.25, 0.3) is 0 Å². The molecule has 0 saturated carbocycles. The van der Waals surface area contributed by atoms with Crippen molar-refractivity contribution in [3.05, 3.63) is 29.8 Å². The first-order chi connectivity index (χ1) is 8.41. The third kappa shape index (κ3) is 3.80. The molecular formula is C12H15FN2O3. The Morgan fingerprint density at radius 3 is 2.61 bits per heavy atom. The zero-order valence-corrected chi connectivity index (χ0v) is 10.3. The van der Waals surface area contributed by atoms with Crippen molar-refractivity contribution < 1.29 is 19.1 Å². The largest absolute Gasteiger partial charge is 0.481 e. The van der Waals surface area contributed by atoms with Crippen LogP contribution in [0.1, 0.15) is 30.6 Å². The summed E-state index contributed by atoms with van der Waals surface area (Å²) in [6.45, 7) is 3.63. The summed E-state index contributed by atoms with van der Waals surface area (Å²) in [5, 5.41) is 8.63. The molecule has 0 bridgehead atoms. The van der Waals surface area contributed by atoms with E-state index >= 15 is 0 Å². The van der Waals surface area contributed by atoms with Crippen LogP contribution in [0.5, 0.6) is 0 Å². The molecule has 0 radical (unpaired) electrons. The van der Waals surface area contributed by atoms with Crippen molar-refractivity contribution in [1.82, 2.24) is 9.88 Å². The maximum atomic E-state index is 13.0. The van der Waals surface area contributed by atoms with Gasteiger partial charge in [-0.25, -0.2) is 4.39 Å². The number of aromatic nitrogens is 1. The van der Waals surface area contributed by atoms with E-state index in [1.165, 1.54) is 11.1 Å². The maximum Gasteiger partial charge on any atom is 0.305 e. The molecule has 0 saturated heterocycles. The molecule has 98 valence electrons. The van der Waals surface area contributed by atoms with Crippen molar-refractivity contribution in [1.29, 1.82) is 0 Å². The third-order valence-electron chi connectivity index (χ3n) is 2.40. The second kappa shape index (κ2) is 6.09. The van der Waals surface area contributed by atoms with E-state index < -0.39 is 17.7 Å². The Hall–Kier alpha value is -1.98. The van der Waals surface area contributed by atoms with Gasteiger partial charge in [0, 0.05) is 18.8 Å². The van der Waals surface area contributed by atoms with Crippen molar-refractivity contribution in [2.45, 2.75) is 26.3 Å². The number of amides is 1. The standard InChI is InChI=1S/C12H15FN2O3/c1-8(2)15(4-3-11(16)17)12(18)9-5-10(13)7-14-6-9/h5-8H,3-4H2,1-2H3,(H,16,17). The fourth-order valence-corrected chi connectivity index (χ4v) is 1.50. The Kier molecular flexibility index (Phi) is 4.76. The summed E-state index contributed by atoms with van der Waals surface area (Å²) in [4.78, 5) is 27.6. The van der Waals surface area contributed by atoms with E-state index in [1.807, 2.05) is 0 Å². The van der Waals surface area contributed by atoms with Crippen LogP contribution in [0.3, 0.4) is 0 Å². The molecule has 0 unspecified atom stereocenters. The number of aliphatic carboxylic acids is 1. The average molecular weight is 254 g/mol. The zero-order valence-electron chi connectivity index (χ0n) is 10.3. The fraction of sp³-hybridized carbons (Fsp3) is 0.417. The van der Waals surface area contributed by atoms with E-state index in [1.54, 1.807) is 13.8 Å². The second-order valence-electron chi connectivity index (χ2n) is 4.13. The molecule has 0 aliphatic carbocycles. The van der Waals surface area contributed by atoms with Crippen LogP contribution < -0.4 is 0 Å². The zero-order chi connectivity index (χ0) is 13.7. The van der Waals surface area contributed by atoms with Crippen LogP contribution in [-0.2, 0) is 4.79 Å². The summed E-state index contributed by atoms with van der Waals surface area (Å²) in [5.41, 5.74) is 0.120. The summed E-state index contributed by atoms with van der Waals surface area (Å²) in [7, 11) is 0.